The number of hydrogen-bond acceptors (Lipinski definition) is 5. The standard InChI is InChI=1S/C23H17NO5/c25-23-22(15-6-8-19-21(10-15)29-13-27-19)16-3-1-2-4-17(16)24(23)11-14-5-7-18-20(9-14)28-12-26-18/h1-10,22H,11-13H2. The first-order valence-electron chi connectivity index (χ1n) is 9.46. The Balaban J connectivity index is 1.37. The molecule has 3 aromatic rings. The van der Waals surface area contributed by atoms with Crippen molar-refractivity contribution in [1.29, 1.82) is 0 Å². The van der Waals surface area contributed by atoms with Crippen molar-refractivity contribution in [3.05, 3.63) is 77.4 Å². The van der Waals surface area contributed by atoms with Crippen LogP contribution < -0.4 is 23.8 Å². The van der Waals surface area contributed by atoms with E-state index in [0.717, 1.165) is 33.9 Å². The van der Waals surface area contributed by atoms with E-state index in [4.69, 9.17) is 18.9 Å². The monoisotopic (exact) mass is 387 g/mol. The summed E-state index contributed by atoms with van der Waals surface area (Å²) in [5.41, 5.74) is 3.82. The minimum absolute atomic E-state index is 0.0442. The SMILES string of the molecule is O=C1C(c2ccc3c(c2)OCO3)c2ccccc2N1Cc1ccc2c(c1)OCO2. The summed E-state index contributed by atoms with van der Waals surface area (Å²) in [4.78, 5) is 15.3. The first kappa shape index (κ1) is 16.3. The Hall–Kier alpha value is -3.67. The average molecular weight is 387 g/mol. The summed E-state index contributed by atoms with van der Waals surface area (Å²) in [6.45, 7) is 0.911. The van der Waals surface area contributed by atoms with Crippen molar-refractivity contribution in [2.24, 2.45) is 0 Å². The van der Waals surface area contributed by atoms with Gasteiger partial charge in [0.15, 0.2) is 23.0 Å². The Morgan fingerprint density at radius 3 is 2.31 bits per heavy atom. The highest BCUT2D eigenvalue weighted by Gasteiger charge is 2.38. The van der Waals surface area contributed by atoms with Crippen LogP contribution in [0.4, 0.5) is 5.69 Å². The lowest BCUT2D eigenvalue weighted by atomic mass is 9.92. The Labute approximate surface area is 167 Å². The van der Waals surface area contributed by atoms with Crippen LogP contribution in [0.3, 0.4) is 0 Å². The number of hydrogen-bond donors (Lipinski definition) is 0. The molecule has 0 aliphatic carbocycles. The quantitative estimate of drug-likeness (QED) is 0.684. The highest BCUT2D eigenvalue weighted by molar-refractivity contribution is 6.07. The molecule has 6 heteroatoms. The van der Waals surface area contributed by atoms with E-state index in [2.05, 4.69) is 0 Å². The minimum Gasteiger partial charge on any atom is -0.454 e. The van der Waals surface area contributed by atoms with Gasteiger partial charge in [-0.3, -0.25) is 4.79 Å². The van der Waals surface area contributed by atoms with Gasteiger partial charge in [-0.15, -0.1) is 0 Å². The van der Waals surface area contributed by atoms with Crippen LogP contribution in [0.15, 0.2) is 60.7 Å². The maximum Gasteiger partial charge on any atom is 0.239 e. The van der Waals surface area contributed by atoms with Gasteiger partial charge in [0.2, 0.25) is 19.5 Å². The largest absolute Gasteiger partial charge is 0.454 e. The summed E-state index contributed by atoms with van der Waals surface area (Å²) >= 11 is 0. The molecular weight excluding hydrogens is 370 g/mol. The smallest absolute Gasteiger partial charge is 0.239 e. The summed E-state index contributed by atoms with van der Waals surface area (Å²) in [7, 11) is 0. The normalized spacial score (nSPS) is 18.3. The lowest BCUT2D eigenvalue weighted by Crippen LogP contribution is -2.28. The molecule has 29 heavy (non-hydrogen) atoms. The highest BCUT2D eigenvalue weighted by Crippen LogP contribution is 2.44. The molecule has 0 radical (unpaired) electrons. The zero-order chi connectivity index (χ0) is 19.4. The summed E-state index contributed by atoms with van der Waals surface area (Å²) in [5, 5.41) is 0. The number of anilines is 1. The third kappa shape index (κ3) is 2.52. The number of amides is 1. The van der Waals surface area contributed by atoms with E-state index in [1.807, 2.05) is 65.6 Å². The molecule has 0 fully saturated rings. The molecule has 0 saturated heterocycles. The second-order valence-electron chi connectivity index (χ2n) is 7.22. The maximum atomic E-state index is 13.5. The molecule has 3 aromatic carbocycles. The topological polar surface area (TPSA) is 57.2 Å². The van der Waals surface area contributed by atoms with Crippen molar-refractivity contribution in [3.8, 4) is 23.0 Å². The van der Waals surface area contributed by atoms with Gasteiger partial charge >= 0.3 is 0 Å². The fourth-order valence-electron chi connectivity index (χ4n) is 4.18. The Morgan fingerprint density at radius 1 is 0.793 bits per heavy atom. The minimum atomic E-state index is -0.366. The third-order valence-corrected chi connectivity index (χ3v) is 5.56. The first-order valence-corrected chi connectivity index (χ1v) is 9.46. The molecule has 0 bridgehead atoms. The molecule has 6 rings (SSSR count). The van der Waals surface area contributed by atoms with Gasteiger partial charge < -0.3 is 23.8 Å². The third-order valence-electron chi connectivity index (χ3n) is 5.56. The van der Waals surface area contributed by atoms with Gasteiger partial charge in [0, 0.05) is 5.69 Å². The van der Waals surface area contributed by atoms with E-state index in [1.54, 1.807) is 0 Å². The van der Waals surface area contributed by atoms with Crippen LogP contribution in [-0.4, -0.2) is 19.5 Å². The fourth-order valence-corrected chi connectivity index (χ4v) is 4.18. The molecule has 0 saturated carbocycles. The van der Waals surface area contributed by atoms with Gasteiger partial charge in [-0.2, -0.15) is 0 Å². The van der Waals surface area contributed by atoms with E-state index in [-0.39, 0.29) is 25.4 Å². The van der Waals surface area contributed by atoms with Crippen LogP contribution in [0.2, 0.25) is 0 Å². The molecule has 6 nitrogen and oxygen atoms in total. The van der Waals surface area contributed by atoms with E-state index >= 15 is 0 Å². The van der Waals surface area contributed by atoms with Crippen LogP contribution in [0, 0.1) is 0 Å². The number of benzene rings is 3. The van der Waals surface area contributed by atoms with E-state index in [1.165, 1.54) is 0 Å². The molecule has 0 N–H and O–H groups in total. The Bertz CT molecular complexity index is 1140. The fraction of sp³-hybridized carbons (Fsp3) is 0.174. The predicted octanol–water partition coefficient (Wildman–Crippen LogP) is 3.82. The van der Waals surface area contributed by atoms with Crippen molar-refractivity contribution in [2.45, 2.75) is 12.5 Å². The number of rotatable bonds is 3. The van der Waals surface area contributed by atoms with Crippen LogP contribution in [-0.2, 0) is 11.3 Å². The molecule has 3 aliphatic heterocycles. The van der Waals surface area contributed by atoms with Crippen molar-refractivity contribution in [2.75, 3.05) is 18.5 Å². The van der Waals surface area contributed by atoms with Crippen molar-refractivity contribution >= 4 is 11.6 Å². The van der Waals surface area contributed by atoms with E-state index < -0.39 is 0 Å². The Morgan fingerprint density at radius 2 is 1.48 bits per heavy atom. The summed E-state index contributed by atoms with van der Waals surface area (Å²) in [6.07, 6.45) is 0. The molecule has 1 unspecified atom stereocenters. The lowest BCUT2D eigenvalue weighted by molar-refractivity contribution is -0.118. The molecule has 0 aromatic heterocycles. The molecule has 3 aliphatic rings. The molecule has 0 spiro atoms. The first-order chi connectivity index (χ1) is 14.3. The summed E-state index contributed by atoms with van der Waals surface area (Å²) < 4.78 is 21.8. The number of fused-ring (bicyclic) bond motifs is 3. The average Bonchev–Trinajstić information content (AvgIpc) is 3.46. The molecule has 1 amide bonds. The summed E-state index contributed by atoms with van der Waals surface area (Å²) in [5.74, 6) is 2.53. The van der Waals surface area contributed by atoms with Crippen LogP contribution in [0.25, 0.3) is 0 Å². The van der Waals surface area contributed by atoms with Crippen LogP contribution in [0.5, 0.6) is 23.0 Å². The molecule has 1 atom stereocenters. The van der Waals surface area contributed by atoms with Gasteiger partial charge in [-0.1, -0.05) is 30.3 Å². The van der Waals surface area contributed by atoms with Crippen molar-refractivity contribution in [1.82, 2.24) is 0 Å². The van der Waals surface area contributed by atoms with Crippen LogP contribution in [0.1, 0.15) is 22.6 Å². The maximum absolute atomic E-state index is 13.5. The van der Waals surface area contributed by atoms with E-state index in [9.17, 15) is 4.79 Å². The second-order valence-corrected chi connectivity index (χ2v) is 7.22. The number of ether oxygens (including phenoxy) is 4. The van der Waals surface area contributed by atoms with Crippen molar-refractivity contribution in [3.63, 3.8) is 0 Å². The number of carbonyl (C=O) groups is 1. The Kier molecular flexibility index (Phi) is 3.47. The summed E-state index contributed by atoms with van der Waals surface area (Å²) in [6, 6.07) is 19.5. The van der Waals surface area contributed by atoms with Crippen molar-refractivity contribution < 1.29 is 23.7 Å². The van der Waals surface area contributed by atoms with Gasteiger partial charge in [-0.25, -0.2) is 0 Å². The second kappa shape index (κ2) is 6.17. The van der Waals surface area contributed by atoms with Gasteiger partial charge in [-0.05, 0) is 47.0 Å². The molecule has 3 heterocycles. The number of nitrogens with zero attached hydrogens (tertiary/aromatic N) is 1. The zero-order valence-electron chi connectivity index (χ0n) is 15.5. The molecular formula is C23H17NO5. The predicted molar refractivity (Wildman–Crippen MR) is 105 cm³/mol. The highest BCUT2D eigenvalue weighted by atomic mass is 16.7. The lowest BCUT2D eigenvalue weighted by Gasteiger charge is -2.18. The number of carbonyl (C=O) groups excluding carboxylic acids is 1. The van der Waals surface area contributed by atoms with Gasteiger partial charge in [0.05, 0.1) is 12.5 Å². The van der Waals surface area contributed by atoms with Gasteiger partial charge in [0.25, 0.3) is 0 Å². The van der Waals surface area contributed by atoms with Gasteiger partial charge in [0.1, 0.15) is 0 Å². The zero-order valence-corrected chi connectivity index (χ0v) is 15.5. The number of para-hydroxylation sites is 1. The van der Waals surface area contributed by atoms with E-state index in [0.29, 0.717) is 18.0 Å². The van der Waals surface area contributed by atoms with Crippen LogP contribution >= 0.6 is 0 Å². The molecule has 144 valence electrons.